The Balaban J connectivity index is 2.29. The van der Waals surface area contributed by atoms with E-state index in [1.165, 1.54) is 0 Å². The molecule has 0 unspecified atom stereocenters. The lowest BCUT2D eigenvalue weighted by atomic mass is 10.0. The van der Waals surface area contributed by atoms with E-state index < -0.39 is 0 Å². The van der Waals surface area contributed by atoms with E-state index in [1.807, 2.05) is 24.3 Å². The molecule has 0 radical (unpaired) electrons. The van der Waals surface area contributed by atoms with Crippen LogP contribution in [0.5, 0.6) is 0 Å². The van der Waals surface area contributed by atoms with E-state index in [9.17, 15) is 9.59 Å². The molecule has 0 bridgehead atoms. The van der Waals surface area contributed by atoms with Gasteiger partial charge in [-0.1, -0.05) is 0 Å². The van der Waals surface area contributed by atoms with Crippen molar-refractivity contribution < 1.29 is 9.59 Å². The molecule has 0 aromatic heterocycles. The molecular weight excluding hydrogens is 214 g/mol. The maximum Gasteiger partial charge on any atom is 0.159 e. The van der Waals surface area contributed by atoms with Crippen molar-refractivity contribution >= 4 is 17.3 Å². The topological polar surface area (TPSA) is 37.4 Å². The normalized spacial score (nSPS) is 18.5. The average Bonchev–Trinajstić information content (AvgIpc) is 2.52. The Bertz CT molecular complexity index is 460. The number of nitrogens with zero attached hydrogens (tertiary/aromatic N) is 1. The number of rotatable bonds is 2. The highest BCUT2D eigenvalue weighted by molar-refractivity contribution is 5.94. The first-order chi connectivity index (χ1) is 7.90. The van der Waals surface area contributed by atoms with E-state index >= 15 is 0 Å². The van der Waals surface area contributed by atoms with Gasteiger partial charge in [0, 0.05) is 23.2 Å². The van der Waals surface area contributed by atoms with Gasteiger partial charge in [0.05, 0.1) is 6.54 Å². The van der Waals surface area contributed by atoms with Gasteiger partial charge in [-0.15, -0.1) is 0 Å². The summed E-state index contributed by atoms with van der Waals surface area (Å²) in [6, 6.07) is 7.46. The first kappa shape index (κ1) is 11.8. The molecule has 1 aromatic rings. The molecule has 2 rings (SSSR count). The predicted octanol–water partition coefficient (Wildman–Crippen LogP) is 2.45. The molecule has 1 aromatic carbocycles. The van der Waals surface area contributed by atoms with E-state index in [1.54, 1.807) is 6.92 Å². The second-order valence-corrected chi connectivity index (χ2v) is 5.22. The number of Topliss-reactive ketones (excluding diaryl/α,β-unsaturated/α-hetero) is 2. The Morgan fingerprint density at radius 2 is 1.82 bits per heavy atom. The van der Waals surface area contributed by atoms with Gasteiger partial charge in [0.2, 0.25) is 0 Å². The summed E-state index contributed by atoms with van der Waals surface area (Å²) in [5.41, 5.74) is 1.58. The molecule has 17 heavy (non-hydrogen) atoms. The van der Waals surface area contributed by atoms with Crippen molar-refractivity contribution in [2.75, 3.05) is 11.4 Å². The number of hydrogen-bond acceptors (Lipinski definition) is 3. The minimum Gasteiger partial charge on any atom is -0.359 e. The van der Waals surface area contributed by atoms with Crippen molar-refractivity contribution in [1.82, 2.24) is 0 Å². The summed E-state index contributed by atoms with van der Waals surface area (Å²) < 4.78 is 0. The van der Waals surface area contributed by atoms with Crippen LogP contribution in [0.25, 0.3) is 0 Å². The van der Waals surface area contributed by atoms with Crippen molar-refractivity contribution in [3.63, 3.8) is 0 Å². The highest BCUT2D eigenvalue weighted by Gasteiger charge is 2.37. The Morgan fingerprint density at radius 3 is 2.24 bits per heavy atom. The van der Waals surface area contributed by atoms with Gasteiger partial charge in [0.15, 0.2) is 11.6 Å². The van der Waals surface area contributed by atoms with Gasteiger partial charge in [0.25, 0.3) is 0 Å². The van der Waals surface area contributed by atoms with Crippen LogP contribution in [0.4, 0.5) is 5.69 Å². The van der Waals surface area contributed by atoms with Crippen molar-refractivity contribution in [3.05, 3.63) is 29.8 Å². The summed E-state index contributed by atoms with van der Waals surface area (Å²) in [6.07, 6.45) is 0.585. The van der Waals surface area contributed by atoms with Crippen LogP contribution in [0.1, 0.15) is 37.6 Å². The first-order valence-corrected chi connectivity index (χ1v) is 5.80. The summed E-state index contributed by atoms with van der Waals surface area (Å²) in [4.78, 5) is 24.8. The third kappa shape index (κ3) is 2.23. The molecule has 1 heterocycles. The molecule has 3 heteroatoms. The van der Waals surface area contributed by atoms with Crippen LogP contribution in [-0.2, 0) is 4.79 Å². The Morgan fingerprint density at radius 1 is 1.24 bits per heavy atom. The zero-order chi connectivity index (χ0) is 12.6. The van der Waals surface area contributed by atoms with Crippen LogP contribution in [-0.4, -0.2) is 23.7 Å². The average molecular weight is 231 g/mol. The number of carbonyl (C=O) groups is 2. The SMILES string of the molecule is CC(=O)c1ccc(N2CC(=O)CC2(C)C)cc1. The van der Waals surface area contributed by atoms with Crippen molar-refractivity contribution in [2.45, 2.75) is 32.7 Å². The smallest absolute Gasteiger partial charge is 0.159 e. The van der Waals surface area contributed by atoms with Gasteiger partial charge in [0.1, 0.15) is 0 Å². The highest BCUT2D eigenvalue weighted by atomic mass is 16.1. The number of anilines is 1. The molecule has 1 fully saturated rings. The lowest BCUT2D eigenvalue weighted by molar-refractivity contribution is -0.116. The molecule has 0 saturated carbocycles. The Labute approximate surface area is 101 Å². The van der Waals surface area contributed by atoms with Gasteiger partial charge in [-0.25, -0.2) is 0 Å². The summed E-state index contributed by atoms with van der Waals surface area (Å²) >= 11 is 0. The molecule has 3 nitrogen and oxygen atoms in total. The summed E-state index contributed by atoms with van der Waals surface area (Å²) in [5.74, 6) is 0.332. The second kappa shape index (κ2) is 3.99. The fourth-order valence-electron chi connectivity index (χ4n) is 2.34. The predicted molar refractivity (Wildman–Crippen MR) is 67.5 cm³/mol. The molecule has 0 atom stereocenters. The minimum atomic E-state index is -0.130. The van der Waals surface area contributed by atoms with E-state index in [4.69, 9.17) is 0 Å². The minimum absolute atomic E-state index is 0.0632. The molecule has 0 aliphatic carbocycles. The van der Waals surface area contributed by atoms with Crippen LogP contribution < -0.4 is 4.90 Å². The Hall–Kier alpha value is -1.64. The lowest BCUT2D eigenvalue weighted by Gasteiger charge is -2.32. The fourth-order valence-corrected chi connectivity index (χ4v) is 2.34. The van der Waals surface area contributed by atoms with Gasteiger partial charge >= 0.3 is 0 Å². The highest BCUT2D eigenvalue weighted by Crippen LogP contribution is 2.31. The largest absolute Gasteiger partial charge is 0.359 e. The number of hydrogen-bond donors (Lipinski definition) is 0. The quantitative estimate of drug-likeness (QED) is 0.734. The molecule has 1 saturated heterocycles. The zero-order valence-electron chi connectivity index (χ0n) is 10.5. The van der Waals surface area contributed by atoms with Crippen molar-refractivity contribution in [1.29, 1.82) is 0 Å². The zero-order valence-corrected chi connectivity index (χ0v) is 10.5. The lowest BCUT2D eigenvalue weighted by Crippen LogP contribution is -2.38. The summed E-state index contributed by atoms with van der Waals surface area (Å²) in [7, 11) is 0. The van der Waals surface area contributed by atoms with Gasteiger partial charge in [-0.05, 0) is 45.0 Å². The summed E-state index contributed by atoms with van der Waals surface area (Å²) in [6.45, 7) is 6.15. The third-order valence-electron chi connectivity index (χ3n) is 3.28. The standard InChI is InChI=1S/C14H17NO2/c1-10(16)11-4-6-12(7-5-11)15-9-13(17)8-14(15,2)3/h4-7H,8-9H2,1-3H3. The van der Waals surface area contributed by atoms with Crippen LogP contribution in [0, 0.1) is 0 Å². The molecule has 0 amide bonds. The van der Waals surface area contributed by atoms with Crippen molar-refractivity contribution in [2.24, 2.45) is 0 Å². The summed E-state index contributed by atoms with van der Waals surface area (Å²) in [5, 5.41) is 0. The molecule has 0 N–H and O–H groups in total. The number of carbonyl (C=O) groups excluding carboxylic acids is 2. The third-order valence-corrected chi connectivity index (χ3v) is 3.28. The van der Waals surface area contributed by atoms with Crippen molar-refractivity contribution in [3.8, 4) is 0 Å². The van der Waals surface area contributed by atoms with Gasteiger partial charge in [-0.3, -0.25) is 9.59 Å². The maximum atomic E-state index is 11.5. The van der Waals surface area contributed by atoms with E-state index in [0.29, 0.717) is 18.5 Å². The molecule has 0 spiro atoms. The maximum absolute atomic E-state index is 11.5. The van der Waals surface area contributed by atoms with Crippen LogP contribution in [0.3, 0.4) is 0 Å². The van der Waals surface area contributed by atoms with E-state index in [-0.39, 0.29) is 17.1 Å². The van der Waals surface area contributed by atoms with Gasteiger partial charge in [-0.2, -0.15) is 0 Å². The van der Waals surface area contributed by atoms with E-state index in [0.717, 1.165) is 5.69 Å². The van der Waals surface area contributed by atoms with Gasteiger partial charge < -0.3 is 4.90 Å². The molecule has 1 aliphatic heterocycles. The molecule has 90 valence electrons. The Kier molecular flexibility index (Phi) is 2.77. The fraction of sp³-hybridized carbons (Fsp3) is 0.429. The second-order valence-electron chi connectivity index (χ2n) is 5.22. The van der Waals surface area contributed by atoms with Crippen LogP contribution in [0.15, 0.2) is 24.3 Å². The number of ketones is 2. The number of benzene rings is 1. The first-order valence-electron chi connectivity index (χ1n) is 5.80. The molecular formula is C14H17NO2. The van der Waals surface area contributed by atoms with E-state index in [2.05, 4.69) is 18.7 Å². The monoisotopic (exact) mass is 231 g/mol. The van der Waals surface area contributed by atoms with Crippen LogP contribution >= 0.6 is 0 Å². The van der Waals surface area contributed by atoms with Crippen LogP contribution in [0.2, 0.25) is 0 Å². The molecule has 1 aliphatic rings.